The Morgan fingerprint density at radius 3 is 3.15 bits per heavy atom. The lowest BCUT2D eigenvalue weighted by Gasteiger charge is -2.29. The first kappa shape index (κ1) is 17.8. The van der Waals surface area contributed by atoms with Crippen LogP contribution in [0.1, 0.15) is 30.2 Å². The van der Waals surface area contributed by atoms with Crippen LogP contribution >= 0.6 is 34.7 Å². The zero-order valence-corrected chi connectivity index (χ0v) is 16.6. The summed E-state index contributed by atoms with van der Waals surface area (Å²) in [5, 5.41) is 4.16. The third kappa shape index (κ3) is 3.35. The van der Waals surface area contributed by atoms with Gasteiger partial charge in [0.15, 0.2) is 5.13 Å². The molecule has 136 valence electrons. The van der Waals surface area contributed by atoms with E-state index >= 15 is 0 Å². The highest BCUT2D eigenvalue weighted by atomic mass is 35.5. The van der Waals surface area contributed by atoms with Crippen LogP contribution in [0.5, 0.6) is 0 Å². The molecule has 2 fully saturated rings. The van der Waals surface area contributed by atoms with E-state index in [2.05, 4.69) is 10.3 Å². The first-order chi connectivity index (χ1) is 12.4. The van der Waals surface area contributed by atoms with Gasteiger partial charge in [-0.15, -0.1) is 23.1 Å². The molecule has 8 heteroatoms. The van der Waals surface area contributed by atoms with Crippen LogP contribution in [-0.4, -0.2) is 38.4 Å². The van der Waals surface area contributed by atoms with Gasteiger partial charge >= 0.3 is 0 Å². The summed E-state index contributed by atoms with van der Waals surface area (Å²) in [7, 11) is 0. The monoisotopic (exact) mass is 407 g/mol. The summed E-state index contributed by atoms with van der Waals surface area (Å²) in [5.74, 6) is 0.549. The molecule has 2 aliphatic rings. The normalized spacial score (nSPS) is 24.8. The second kappa shape index (κ2) is 6.87. The van der Waals surface area contributed by atoms with Crippen molar-refractivity contribution in [2.45, 2.75) is 37.1 Å². The summed E-state index contributed by atoms with van der Waals surface area (Å²) < 4.78 is 0. The van der Waals surface area contributed by atoms with Gasteiger partial charge in [0, 0.05) is 34.7 Å². The predicted molar refractivity (Wildman–Crippen MR) is 106 cm³/mol. The smallest absolute Gasteiger partial charge is 0.249 e. The van der Waals surface area contributed by atoms with Crippen LogP contribution in [0, 0.1) is 0 Å². The van der Waals surface area contributed by atoms with Crippen molar-refractivity contribution in [1.29, 1.82) is 0 Å². The molecule has 4 rings (SSSR count). The van der Waals surface area contributed by atoms with Gasteiger partial charge in [0.2, 0.25) is 11.8 Å². The number of hydrogen-bond acceptors (Lipinski definition) is 5. The second-order valence-electron chi connectivity index (χ2n) is 6.69. The maximum absolute atomic E-state index is 12.7. The number of nitrogens with zero attached hydrogens (tertiary/aromatic N) is 2. The number of benzene rings is 1. The second-order valence-corrected chi connectivity index (χ2v) is 9.75. The first-order valence-electron chi connectivity index (χ1n) is 8.41. The quantitative estimate of drug-likeness (QED) is 0.837. The summed E-state index contributed by atoms with van der Waals surface area (Å²) in [4.78, 5) is 31.7. The van der Waals surface area contributed by atoms with Gasteiger partial charge in [-0.1, -0.05) is 23.7 Å². The third-order valence-corrected chi connectivity index (χ3v) is 7.45. The van der Waals surface area contributed by atoms with Crippen LogP contribution in [0.2, 0.25) is 5.02 Å². The highest BCUT2D eigenvalue weighted by molar-refractivity contribution is 8.01. The van der Waals surface area contributed by atoms with Crippen LogP contribution in [0.15, 0.2) is 30.5 Å². The average molecular weight is 408 g/mol. The molecule has 2 amide bonds. The van der Waals surface area contributed by atoms with Gasteiger partial charge in [0.1, 0.15) is 6.04 Å². The molecular formula is C18H18ClN3O2S2. The number of thiazole rings is 1. The van der Waals surface area contributed by atoms with Crippen molar-refractivity contribution in [3.63, 3.8) is 0 Å². The molecule has 0 bridgehead atoms. The molecule has 0 unspecified atom stereocenters. The molecule has 1 N–H and O–H groups in total. The van der Waals surface area contributed by atoms with E-state index in [4.69, 9.17) is 11.6 Å². The van der Waals surface area contributed by atoms with Gasteiger partial charge in [-0.3, -0.25) is 9.59 Å². The SMILES string of the molecule is C[C@@]12CCC(=O)N1[C@H](C(=O)Nc1ncc(Cc3cccc(Cl)c3)s1)CS2. The fourth-order valence-corrected chi connectivity index (χ4v) is 5.99. The van der Waals surface area contributed by atoms with Gasteiger partial charge < -0.3 is 10.2 Å². The number of hydrogen-bond donors (Lipinski definition) is 1. The van der Waals surface area contributed by atoms with E-state index in [0.717, 1.165) is 23.3 Å². The summed E-state index contributed by atoms with van der Waals surface area (Å²) >= 11 is 9.16. The number of anilines is 1. The predicted octanol–water partition coefficient (Wildman–Crippen LogP) is 3.78. The maximum atomic E-state index is 12.7. The Morgan fingerprint density at radius 1 is 1.50 bits per heavy atom. The number of fused-ring (bicyclic) bond motifs is 1. The number of carbonyl (C=O) groups is 2. The van der Waals surface area contributed by atoms with Crippen molar-refractivity contribution in [2.24, 2.45) is 0 Å². The number of thioether (sulfide) groups is 1. The zero-order chi connectivity index (χ0) is 18.3. The van der Waals surface area contributed by atoms with E-state index in [1.54, 1.807) is 22.9 Å². The fourth-order valence-electron chi connectivity index (χ4n) is 3.50. The van der Waals surface area contributed by atoms with Crippen molar-refractivity contribution in [2.75, 3.05) is 11.1 Å². The highest BCUT2D eigenvalue weighted by Crippen LogP contribution is 2.47. The lowest BCUT2D eigenvalue weighted by atomic mass is 10.1. The van der Waals surface area contributed by atoms with E-state index in [9.17, 15) is 9.59 Å². The molecule has 0 radical (unpaired) electrons. The average Bonchev–Trinajstić information content (AvgIpc) is 3.24. The molecule has 2 saturated heterocycles. The van der Waals surface area contributed by atoms with Crippen LogP contribution in [-0.2, 0) is 16.0 Å². The van der Waals surface area contributed by atoms with Crippen molar-refractivity contribution in [3.05, 3.63) is 45.9 Å². The van der Waals surface area contributed by atoms with Gasteiger partial charge in [-0.25, -0.2) is 4.98 Å². The molecule has 3 heterocycles. The molecule has 1 aromatic heterocycles. The molecule has 2 aromatic rings. The molecule has 0 spiro atoms. The molecule has 26 heavy (non-hydrogen) atoms. The van der Waals surface area contributed by atoms with Crippen molar-refractivity contribution in [3.8, 4) is 0 Å². The highest BCUT2D eigenvalue weighted by Gasteiger charge is 2.52. The van der Waals surface area contributed by atoms with Gasteiger partial charge in [-0.2, -0.15) is 0 Å². The molecule has 0 aliphatic carbocycles. The Kier molecular flexibility index (Phi) is 4.71. The number of carbonyl (C=O) groups excluding carboxylic acids is 2. The van der Waals surface area contributed by atoms with Crippen LogP contribution in [0.4, 0.5) is 5.13 Å². The number of aromatic nitrogens is 1. The summed E-state index contributed by atoms with van der Waals surface area (Å²) in [5.41, 5.74) is 1.10. The topological polar surface area (TPSA) is 62.3 Å². The van der Waals surface area contributed by atoms with Gasteiger partial charge in [0.25, 0.3) is 0 Å². The molecule has 1 aromatic carbocycles. The summed E-state index contributed by atoms with van der Waals surface area (Å²) in [6.07, 6.45) is 3.82. The van der Waals surface area contributed by atoms with Crippen molar-refractivity contribution >= 4 is 51.6 Å². The minimum Gasteiger partial charge on any atom is -0.315 e. The summed E-state index contributed by atoms with van der Waals surface area (Å²) in [6, 6.07) is 7.29. The molecule has 0 saturated carbocycles. The van der Waals surface area contributed by atoms with Crippen molar-refractivity contribution < 1.29 is 9.59 Å². The minimum atomic E-state index is -0.416. The van der Waals surface area contributed by atoms with Crippen LogP contribution in [0.3, 0.4) is 0 Å². The zero-order valence-electron chi connectivity index (χ0n) is 14.2. The van der Waals surface area contributed by atoms with Gasteiger partial charge in [0.05, 0.1) is 4.87 Å². The Balaban J connectivity index is 1.43. The van der Waals surface area contributed by atoms with Crippen LogP contribution in [0.25, 0.3) is 0 Å². The van der Waals surface area contributed by atoms with Crippen molar-refractivity contribution in [1.82, 2.24) is 9.88 Å². The number of rotatable bonds is 4. The van der Waals surface area contributed by atoms with Gasteiger partial charge in [-0.05, 0) is 31.0 Å². The number of halogens is 1. The maximum Gasteiger partial charge on any atom is 0.249 e. The van der Waals surface area contributed by atoms with E-state index in [0.29, 0.717) is 22.3 Å². The Hall–Kier alpha value is -1.57. The standard InChI is InChI=1S/C18H18ClN3O2S2/c1-18-6-5-15(23)22(18)14(10-25-18)16(24)21-17-20-9-13(26-17)8-11-3-2-4-12(19)7-11/h2-4,7,9,14H,5-6,8,10H2,1H3,(H,20,21,24)/t14-,18+/m0/s1. The fraction of sp³-hybridized carbons (Fsp3) is 0.389. The number of amides is 2. The lowest BCUT2D eigenvalue weighted by molar-refractivity contribution is -0.135. The molecule has 5 nitrogen and oxygen atoms in total. The summed E-state index contributed by atoms with van der Waals surface area (Å²) in [6.45, 7) is 2.04. The van der Waals surface area contributed by atoms with E-state index < -0.39 is 6.04 Å². The largest absolute Gasteiger partial charge is 0.315 e. The Morgan fingerprint density at radius 2 is 2.35 bits per heavy atom. The number of nitrogens with one attached hydrogen (secondary N) is 1. The van der Waals surface area contributed by atoms with Crippen LogP contribution < -0.4 is 5.32 Å². The molecule has 2 aliphatic heterocycles. The van der Waals surface area contributed by atoms with E-state index in [1.807, 2.05) is 31.2 Å². The third-order valence-electron chi connectivity index (χ3n) is 4.80. The Labute approximate surface area is 165 Å². The lowest BCUT2D eigenvalue weighted by Crippen LogP contribution is -2.48. The minimum absolute atomic E-state index is 0.0680. The molecule has 2 atom stereocenters. The first-order valence-corrected chi connectivity index (χ1v) is 10.6. The van der Waals surface area contributed by atoms with E-state index in [1.165, 1.54) is 11.3 Å². The molecular weight excluding hydrogens is 390 g/mol. The van der Waals surface area contributed by atoms with E-state index in [-0.39, 0.29) is 16.7 Å². The Bertz CT molecular complexity index is 872.